The van der Waals surface area contributed by atoms with E-state index in [4.69, 9.17) is 11.0 Å². The summed E-state index contributed by atoms with van der Waals surface area (Å²) < 4.78 is 0. The van der Waals surface area contributed by atoms with Crippen molar-refractivity contribution in [3.05, 3.63) is 0 Å². The number of carbonyl (C=O) groups is 1. The molecule has 4 heteroatoms. The second-order valence-corrected chi connectivity index (χ2v) is 2.61. The molecular weight excluding hydrogens is 154 g/mol. The quantitative estimate of drug-likeness (QED) is 0.648. The maximum atomic E-state index is 11.3. The summed E-state index contributed by atoms with van der Waals surface area (Å²) in [6.07, 6.45) is 0.367. The van der Waals surface area contributed by atoms with Gasteiger partial charge in [-0.2, -0.15) is 5.26 Å². The summed E-state index contributed by atoms with van der Waals surface area (Å²) in [6.45, 7) is 4.62. The Morgan fingerprint density at radius 3 is 2.67 bits per heavy atom. The minimum atomic E-state index is -0.469. The predicted octanol–water partition coefficient (Wildman–Crippen LogP) is 0.0958. The van der Waals surface area contributed by atoms with Gasteiger partial charge in [0.25, 0.3) is 0 Å². The summed E-state index contributed by atoms with van der Waals surface area (Å²) in [7, 11) is 0. The second kappa shape index (κ2) is 5.56. The minimum Gasteiger partial charge on any atom is -0.341 e. The highest BCUT2D eigenvalue weighted by atomic mass is 16.2. The normalized spacial score (nSPS) is 11.8. The van der Waals surface area contributed by atoms with Gasteiger partial charge in [0.05, 0.1) is 18.5 Å². The van der Waals surface area contributed by atoms with Crippen LogP contribution in [0.2, 0.25) is 0 Å². The molecule has 0 fully saturated rings. The van der Waals surface area contributed by atoms with Crippen LogP contribution in [0.5, 0.6) is 0 Å². The molecule has 1 unspecified atom stereocenters. The van der Waals surface area contributed by atoms with E-state index in [1.165, 1.54) is 0 Å². The zero-order valence-electron chi connectivity index (χ0n) is 7.58. The number of rotatable bonds is 4. The lowest BCUT2D eigenvalue weighted by Crippen LogP contribution is -2.42. The van der Waals surface area contributed by atoms with Gasteiger partial charge in [-0.1, -0.05) is 0 Å². The average Bonchev–Trinajstić information content (AvgIpc) is 2.05. The van der Waals surface area contributed by atoms with Crippen molar-refractivity contribution in [3.8, 4) is 6.07 Å². The lowest BCUT2D eigenvalue weighted by molar-refractivity contribution is -0.131. The van der Waals surface area contributed by atoms with E-state index in [-0.39, 0.29) is 5.91 Å². The maximum absolute atomic E-state index is 11.3. The molecule has 68 valence electrons. The van der Waals surface area contributed by atoms with Crippen molar-refractivity contribution >= 4 is 5.91 Å². The molecule has 0 spiro atoms. The molecule has 0 aliphatic rings. The number of carbonyl (C=O) groups excluding carboxylic acids is 1. The molecular formula is C8H15N3O. The average molecular weight is 169 g/mol. The van der Waals surface area contributed by atoms with Crippen molar-refractivity contribution in [1.29, 1.82) is 5.26 Å². The number of hydrogen-bond acceptors (Lipinski definition) is 3. The molecule has 0 aliphatic carbocycles. The SMILES string of the molecule is CCN(CCC#N)C(=O)C(C)N. The van der Waals surface area contributed by atoms with Crippen LogP contribution in [-0.2, 0) is 4.79 Å². The van der Waals surface area contributed by atoms with Crippen LogP contribution < -0.4 is 5.73 Å². The molecule has 0 radical (unpaired) electrons. The highest BCUT2D eigenvalue weighted by Gasteiger charge is 2.14. The molecule has 1 amide bonds. The minimum absolute atomic E-state index is 0.0900. The number of nitrogens with two attached hydrogens (primary N) is 1. The van der Waals surface area contributed by atoms with Crippen LogP contribution in [0.15, 0.2) is 0 Å². The van der Waals surface area contributed by atoms with E-state index in [0.717, 1.165) is 0 Å². The Labute approximate surface area is 72.9 Å². The number of nitrogens with zero attached hydrogens (tertiary/aromatic N) is 2. The van der Waals surface area contributed by atoms with Crippen LogP contribution in [0.1, 0.15) is 20.3 Å². The summed E-state index contributed by atoms with van der Waals surface area (Å²) in [5.41, 5.74) is 5.41. The lowest BCUT2D eigenvalue weighted by Gasteiger charge is -2.21. The van der Waals surface area contributed by atoms with Crippen molar-refractivity contribution in [3.63, 3.8) is 0 Å². The predicted molar refractivity (Wildman–Crippen MR) is 46.1 cm³/mol. The van der Waals surface area contributed by atoms with E-state index in [2.05, 4.69) is 0 Å². The molecule has 0 aromatic carbocycles. The molecule has 2 N–H and O–H groups in total. The Kier molecular flexibility index (Phi) is 5.06. The number of nitriles is 1. The van der Waals surface area contributed by atoms with Crippen LogP contribution in [-0.4, -0.2) is 29.9 Å². The van der Waals surface area contributed by atoms with Gasteiger partial charge < -0.3 is 10.6 Å². The Bertz CT molecular complexity index is 183. The molecule has 4 nitrogen and oxygen atoms in total. The monoisotopic (exact) mass is 169 g/mol. The summed E-state index contributed by atoms with van der Waals surface area (Å²) in [6, 6.07) is 1.52. The van der Waals surface area contributed by atoms with E-state index >= 15 is 0 Å². The number of hydrogen-bond donors (Lipinski definition) is 1. The largest absolute Gasteiger partial charge is 0.341 e. The summed E-state index contributed by atoms with van der Waals surface area (Å²) in [5.74, 6) is -0.0900. The van der Waals surface area contributed by atoms with Gasteiger partial charge in [-0.25, -0.2) is 0 Å². The molecule has 0 saturated carbocycles. The van der Waals surface area contributed by atoms with Crippen molar-refractivity contribution < 1.29 is 4.79 Å². The highest BCUT2D eigenvalue weighted by Crippen LogP contribution is 1.94. The molecule has 1 atom stereocenters. The van der Waals surface area contributed by atoms with E-state index in [0.29, 0.717) is 19.5 Å². The third kappa shape index (κ3) is 3.35. The third-order valence-electron chi connectivity index (χ3n) is 1.58. The van der Waals surface area contributed by atoms with Gasteiger partial charge in [-0.05, 0) is 13.8 Å². The standard InChI is InChI=1S/C8H15N3O/c1-3-11(6-4-5-9)8(12)7(2)10/h7H,3-4,6,10H2,1-2H3. The fourth-order valence-corrected chi connectivity index (χ4v) is 0.897. The van der Waals surface area contributed by atoms with E-state index in [1.54, 1.807) is 11.8 Å². The van der Waals surface area contributed by atoms with Gasteiger partial charge in [0, 0.05) is 13.1 Å². The third-order valence-corrected chi connectivity index (χ3v) is 1.58. The Morgan fingerprint density at radius 2 is 2.33 bits per heavy atom. The Hall–Kier alpha value is -1.08. The van der Waals surface area contributed by atoms with Crippen molar-refractivity contribution in [2.24, 2.45) is 5.73 Å². The van der Waals surface area contributed by atoms with Gasteiger partial charge in [0.15, 0.2) is 0 Å². The van der Waals surface area contributed by atoms with Crippen molar-refractivity contribution in [2.75, 3.05) is 13.1 Å². The van der Waals surface area contributed by atoms with Gasteiger partial charge in [-0.3, -0.25) is 4.79 Å². The van der Waals surface area contributed by atoms with Crippen LogP contribution in [0, 0.1) is 11.3 Å². The molecule has 0 bridgehead atoms. The van der Waals surface area contributed by atoms with Gasteiger partial charge in [0.2, 0.25) is 5.91 Å². The van der Waals surface area contributed by atoms with Crippen molar-refractivity contribution in [1.82, 2.24) is 4.90 Å². The molecule has 0 aromatic heterocycles. The van der Waals surface area contributed by atoms with Crippen molar-refractivity contribution in [2.45, 2.75) is 26.3 Å². The molecule has 12 heavy (non-hydrogen) atoms. The van der Waals surface area contributed by atoms with Gasteiger partial charge >= 0.3 is 0 Å². The summed E-state index contributed by atoms with van der Waals surface area (Å²) >= 11 is 0. The second-order valence-electron chi connectivity index (χ2n) is 2.61. The van der Waals surface area contributed by atoms with E-state index in [1.807, 2.05) is 13.0 Å². The zero-order chi connectivity index (χ0) is 9.56. The first kappa shape index (κ1) is 10.9. The summed E-state index contributed by atoms with van der Waals surface area (Å²) in [5, 5.41) is 8.31. The van der Waals surface area contributed by atoms with Crippen LogP contribution in [0.3, 0.4) is 0 Å². The fourth-order valence-electron chi connectivity index (χ4n) is 0.897. The smallest absolute Gasteiger partial charge is 0.239 e. The first-order chi connectivity index (χ1) is 5.63. The van der Waals surface area contributed by atoms with Gasteiger partial charge in [-0.15, -0.1) is 0 Å². The fraction of sp³-hybridized carbons (Fsp3) is 0.750. The lowest BCUT2D eigenvalue weighted by atomic mass is 10.3. The van der Waals surface area contributed by atoms with Crippen LogP contribution in [0.4, 0.5) is 0 Å². The van der Waals surface area contributed by atoms with Crippen LogP contribution in [0.25, 0.3) is 0 Å². The number of amides is 1. The summed E-state index contributed by atoms with van der Waals surface area (Å²) in [4.78, 5) is 12.9. The Balaban J connectivity index is 3.98. The highest BCUT2D eigenvalue weighted by molar-refractivity contribution is 5.81. The van der Waals surface area contributed by atoms with E-state index < -0.39 is 6.04 Å². The molecule has 0 rings (SSSR count). The van der Waals surface area contributed by atoms with Crippen LogP contribution >= 0.6 is 0 Å². The van der Waals surface area contributed by atoms with E-state index in [9.17, 15) is 4.79 Å². The first-order valence-corrected chi connectivity index (χ1v) is 4.04. The molecule has 0 heterocycles. The molecule has 0 aliphatic heterocycles. The topological polar surface area (TPSA) is 70.1 Å². The Morgan fingerprint density at radius 1 is 1.75 bits per heavy atom. The van der Waals surface area contributed by atoms with Gasteiger partial charge in [0.1, 0.15) is 0 Å². The zero-order valence-corrected chi connectivity index (χ0v) is 7.58. The maximum Gasteiger partial charge on any atom is 0.239 e. The molecule has 0 saturated heterocycles. The molecule has 0 aromatic rings. The first-order valence-electron chi connectivity index (χ1n) is 4.04. The number of likely N-dealkylation sites (N-methyl/N-ethyl adjacent to an activating group) is 1.